The number of aryl methyl sites for hydroxylation is 1. The highest BCUT2D eigenvalue weighted by molar-refractivity contribution is 5.78. The number of likely N-dealkylation sites (tertiary alicyclic amines) is 1. The van der Waals surface area contributed by atoms with Crippen LogP contribution in [0.5, 0.6) is 11.5 Å². The van der Waals surface area contributed by atoms with E-state index in [1.165, 1.54) is 5.56 Å². The Hall–Kier alpha value is -2.54. The molecular weight excluding hydrogens is 334 g/mol. The van der Waals surface area contributed by atoms with Gasteiger partial charge in [0.25, 0.3) is 0 Å². The van der Waals surface area contributed by atoms with Crippen LogP contribution in [0.25, 0.3) is 0 Å². The van der Waals surface area contributed by atoms with E-state index in [1.807, 2.05) is 37.0 Å². The summed E-state index contributed by atoms with van der Waals surface area (Å²) in [6.45, 7) is 4.11. The summed E-state index contributed by atoms with van der Waals surface area (Å²) in [5.74, 6) is 0.0797. The largest absolute Gasteiger partial charge is 0.493 e. The Morgan fingerprint density at radius 2 is 1.92 bits per heavy atom. The van der Waals surface area contributed by atoms with Crippen molar-refractivity contribution in [3.63, 3.8) is 0 Å². The molecule has 0 unspecified atom stereocenters. The van der Waals surface area contributed by atoms with Crippen molar-refractivity contribution < 1.29 is 19.4 Å². The molecule has 7 heteroatoms. The Morgan fingerprint density at radius 3 is 2.46 bits per heavy atom. The molecule has 0 bridgehead atoms. The maximum atomic E-state index is 12.0. The number of para-hydroxylation sites is 2. The third-order valence-corrected chi connectivity index (χ3v) is 5.16. The van der Waals surface area contributed by atoms with Crippen LogP contribution < -0.4 is 9.47 Å². The predicted molar refractivity (Wildman–Crippen MR) is 96.4 cm³/mol. The van der Waals surface area contributed by atoms with Crippen molar-refractivity contribution in [2.45, 2.75) is 31.9 Å². The number of hydrogen-bond donors (Lipinski definition) is 1. The van der Waals surface area contributed by atoms with Gasteiger partial charge in [-0.15, -0.1) is 0 Å². The number of benzene rings is 1. The van der Waals surface area contributed by atoms with Crippen molar-refractivity contribution in [3.8, 4) is 11.5 Å². The molecule has 1 aliphatic rings. The lowest BCUT2D eigenvalue weighted by molar-refractivity contribution is -0.160. The molecule has 7 nitrogen and oxygen atoms in total. The Bertz CT molecular complexity index is 779. The third-order valence-electron chi connectivity index (χ3n) is 5.16. The number of carboxylic acids is 1. The normalized spacial score (nSPS) is 17.0. The van der Waals surface area contributed by atoms with Gasteiger partial charge in [-0.05, 0) is 19.1 Å². The first-order chi connectivity index (χ1) is 12.4. The summed E-state index contributed by atoms with van der Waals surface area (Å²) < 4.78 is 13.1. The number of aromatic nitrogens is 2. The van der Waals surface area contributed by atoms with Gasteiger partial charge in [0.2, 0.25) is 5.60 Å². The zero-order valence-electron chi connectivity index (χ0n) is 15.4. The van der Waals surface area contributed by atoms with Crippen LogP contribution in [0.2, 0.25) is 0 Å². The molecular formula is C19H25N3O4. The van der Waals surface area contributed by atoms with Crippen LogP contribution in [0.1, 0.15) is 24.1 Å². The number of aliphatic carboxylic acids is 1. The van der Waals surface area contributed by atoms with Crippen LogP contribution >= 0.6 is 0 Å². The minimum Gasteiger partial charge on any atom is -0.493 e. The van der Waals surface area contributed by atoms with Crippen molar-refractivity contribution >= 4 is 5.97 Å². The van der Waals surface area contributed by atoms with Gasteiger partial charge < -0.3 is 14.6 Å². The van der Waals surface area contributed by atoms with Crippen LogP contribution in [-0.2, 0) is 18.4 Å². The standard InChI is InChI=1S/C19H25N3O4/c1-14-15(12-20-21(14)2)13-22-10-8-19(9-11-22,18(23)24)26-17-7-5-4-6-16(17)25-3/h4-7,12H,8-11,13H2,1-3H3,(H,23,24). The zero-order valence-corrected chi connectivity index (χ0v) is 15.4. The lowest BCUT2D eigenvalue weighted by Crippen LogP contribution is -2.53. The molecule has 140 valence electrons. The van der Waals surface area contributed by atoms with E-state index >= 15 is 0 Å². The van der Waals surface area contributed by atoms with Crippen molar-refractivity contribution in [1.82, 2.24) is 14.7 Å². The summed E-state index contributed by atoms with van der Waals surface area (Å²) >= 11 is 0. The quantitative estimate of drug-likeness (QED) is 0.852. The minimum absolute atomic E-state index is 0.416. The molecule has 0 atom stereocenters. The van der Waals surface area contributed by atoms with Gasteiger partial charge >= 0.3 is 5.97 Å². The smallest absolute Gasteiger partial charge is 0.348 e. The fourth-order valence-corrected chi connectivity index (χ4v) is 3.29. The molecule has 1 fully saturated rings. The summed E-state index contributed by atoms with van der Waals surface area (Å²) in [6, 6.07) is 7.16. The number of carboxylic acid groups (broad SMARTS) is 1. The predicted octanol–water partition coefficient (Wildman–Crippen LogP) is 2.24. The number of methoxy groups -OCH3 is 1. The molecule has 0 saturated carbocycles. The van der Waals surface area contributed by atoms with Crippen molar-refractivity contribution in [2.75, 3.05) is 20.2 Å². The Labute approximate surface area is 153 Å². The van der Waals surface area contributed by atoms with Crippen molar-refractivity contribution in [1.29, 1.82) is 0 Å². The second kappa shape index (κ2) is 7.37. The van der Waals surface area contributed by atoms with Gasteiger partial charge in [0.05, 0.1) is 13.3 Å². The zero-order chi connectivity index (χ0) is 18.7. The minimum atomic E-state index is -1.23. The molecule has 1 saturated heterocycles. The second-order valence-corrected chi connectivity index (χ2v) is 6.71. The van der Waals surface area contributed by atoms with Gasteiger partial charge in [0.1, 0.15) is 0 Å². The van der Waals surface area contributed by atoms with E-state index < -0.39 is 11.6 Å². The monoisotopic (exact) mass is 359 g/mol. The van der Waals surface area contributed by atoms with Gasteiger partial charge in [-0.1, -0.05) is 12.1 Å². The molecule has 0 radical (unpaired) electrons. The summed E-state index contributed by atoms with van der Waals surface area (Å²) in [5, 5.41) is 14.1. The lowest BCUT2D eigenvalue weighted by Gasteiger charge is -2.39. The Morgan fingerprint density at radius 1 is 1.27 bits per heavy atom. The van der Waals surface area contributed by atoms with Crippen LogP contribution in [0.15, 0.2) is 30.5 Å². The molecule has 0 amide bonds. The maximum absolute atomic E-state index is 12.0. The third kappa shape index (κ3) is 3.53. The summed E-state index contributed by atoms with van der Waals surface area (Å²) in [5.41, 5.74) is 1.07. The van der Waals surface area contributed by atoms with Crippen molar-refractivity contribution in [3.05, 3.63) is 41.7 Å². The van der Waals surface area contributed by atoms with Crippen LogP contribution in [0, 0.1) is 6.92 Å². The number of ether oxygens (including phenoxy) is 2. The number of carbonyl (C=O) groups is 1. The highest BCUT2D eigenvalue weighted by Gasteiger charge is 2.44. The van der Waals surface area contributed by atoms with Gasteiger partial charge in [-0.3, -0.25) is 9.58 Å². The molecule has 0 aliphatic carbocycles. The van der Waals surface area contributed by atoms with Crippen LogP contribution in [0.4, 0.5) is 0 Å². The summed E-state index contributed by atoms with van der Waals surface area (Å²) in [6.07, 6.45) is 2.71. The first-order valence-electron chi connectivity index (χ1n) is 8.70. The van der Waals surface area contributed by atoms with Crippen molar-refractivity contribution in [2.24, 2.45) is 7.05 Å². The lowest BCUT2D eigenvalue weighted by atomic mass is 9.90. The SMILES string of the molecule is COc1ccccc1OC1(C(=O)O)CCN(Cc2cnn(C)c2C)CC1. The number of nitrogens with zero attached hydrogens (tertiary/aromatic N) is 3. The number of rotatable bonds is 6. The van der Waals surface area contributed by atoms with E-state index in [4.69, 9.17) is 9.47 Å². The molecule has 1 N–H and O–H groups in total. The molecule has 1 aliphatic heterocycles. The van der Waals surface area contributed by atoms with Crippen LogP contribution in [-0.4, -0.2) is 51.6 Å². The van der Waals surface area contributed by atoms with E-state index in [0.29, 0.717) is 37.4 Å². The molecule has 3 rings (SSSR count). The van der Waals surface area contributed by atoms with E-state index in [0.717, 1.165) is 12.2 Å². The second-order valence-electron chi connectivity index (χ2n) is 6.71. The maximum Gasteiger partial charge on any atom is 0.348 e. The van der Waals surface area contributed by atoms with Crippen LogP contribution in [0.3, 0.4) is 0 Å². The number of piperidine rings is 1. The van der Waals surface area contributed by atoms with Gasteiger partial charge in [0, 0.05) is 50.8 Å². The first-order valence-corrected chi connectivity index (χ1v) is 8.70. The average molecular weight is 359 g/mol. The number of hydrogen-bond acceptors (Lipinski definition) is 5. The molecule has 1 aromatic heterocycles. The molecule has 2 heterocycles. The molecule has 2 aromatic rings. The summed E-state index contributed by atoms with van der Waals surface area (Å²) in [7, 11) is 3.47. The average Bonchev–Trinajstić information content (AvgIpc) is 2.96. The van der Waals surface area contributed by atoms with Gasteiger partial charge in [-0.25, -0.2) is 4.79 Å². The van der Waals surface area contributed by atoms with E-state index in [2.05, 4.69) is 10.00 Å². The van der Waals surface area contributed by atoms with Gasteiger partial charge in [0.15, 0.2) is 11.5 Å². The van der Waals surface area contributed by atoms with E-state index in [1.54, 1.807) is 19.2 Å². The fourth-order valence-electron chi connectivity index (χ4n) is 3.29. The van der Waals surface area contributed by atoms with E-state index in [-0.39, 0.29) is 0 Å². The Kier molecular flexibility index (Phi) is 5.18. The summed E-state index contributed by atoms with van der Waals surface area (Å²) in [4.78, 5) is 14.3. The topological polar surface area (TPSA) is 76.8 Å². The molecule has 0 spiro atoms. The van der Waals surface area contributed by atoms with E-state index in [9.17, 15) is 9.90 Å². The first kappa shape index (κ1) is 18.3. The fraction of sp³-hybridized carbons (Fsp3) is 0.474. The molecule has 26 heavy (non-hydrogen) atoms. The van der Waals surface area contributed by atoms with Gasteiger partial charge in [-0.2, -0.15) is 5.10 Å². The highest BCUT2D eigenvalue weighted by atomic mass is 16.5. The highest BCUT2D eigenvalue weighted by Crippen LogP contribution is 2.35. The Balaban J connectivity index is 1.71. The molecule has 1 aromatic carbocycles.